The Kier molecular flexibility index (Phi) is 3.88. The van der Waals surface area contributed by atoms with Gasteiger partial charge in [0.15, 0.2) is 0 Å². The summed E-state index contributed by atoms with van der Waals surface area (Å²) in [5.74, 6) is 0.829. The minimum atomic E-state index is 0.381. The third-order valence-electron chi connectivity index (χ3n) is 5.17. The van der Waals surface area contributed by atoms with Gasteiger partial charge in [0, 0.05) is 38.1 Å². The van der Waals surface area contributed by atoms with Crippen LogP contribution in [0.2, 0.25) is 0 Å². The Morgan fingerprint density at radius 2 is 1.44 bits per heavy atom. The van der Waals surface area contributed by atoms with Crippen molar-refractivity contribution >= 4 is 5.91 Å². The minimum Gasteiger partial charge on any atom is -0.340 e. The van der Waals surface area contributed by atoms with Crippen molar-refractivity contribution in [3.8, 4) is 0 Å². The van der Waals surface area contributed by atoms with Gasteiger partial charge in [-0.3, -0.25) is 9.69 Å². The highest BCUT2D eigenvalue weighted by molar-refractivity contribution is 5.79. The van der Waals surface area contributed by atoms with E-state index in [0.717, 1.165) is 45.1 Å². The van der Waals surface area contributed by atoms with Crippen LogP contribution in [-0.2, 0) is 4.79 Å². The van der Waals surface area contributed by atoms with Crippen LogP contribution in [0, 0.1) is 5.92 Å². The maximum atomic E-state index is 12.2. The topological polar surface area (TPSA) is 23.6 Å². The Morgan fingerprint density at radius 1 is 0.778 bits per heavy atom. The molecule has 3 aliphatic rings. The van der Waals surface area contributed by atoms with E-state index < -0.39 is 0 Å². The normalized spacial score (nSPS) is 28.1. The zero-order chi connectivity index (χ0) is 12.4. The Balaban J connectivity index is 1.46. The van der Waals surface area contributed by atoms with E-state index in [1.54, 1.807) is 0 Å². The third kappa shape index (κ3) is 2.56. The first-order valence-corrected chi connectivity index (χ1v) is 7.87. The van der Waals surface area contributed by atoms with Gasteiger partial charge in [-0.05, 0) is 25.7 Å². The van der Waals surface area contributed by atoms with Gasteiger partial charge in [0.25, 0.3) is 0 Å². The molecule has 3 nitrogen and oxygen atoms in total. The van der Waals surface area contributed by atoms with Crippen LogP contribution in [0.3, 0.4) is 0 Å². The highest BCUT2D eigenvalue weighted by Gasteiger charge is 2.32. The molecule has 1 saturated heterocycles. The van der Waals surface area contributed by atoms with E-state index >= 15 is 0 Å². The molecule has 18 heavy (non-hydrogen) atoms. The molecule has 0 atom stereocenters. The number of hydrogen-bond acceptors (Lipinski definition) is 2. The van der Waals surface area contributed by atoms with Crippen molar-refractivity contribution in [2.45, 2.75) is 57.4 Å². The zero-order valence-electron chi connectivity index (χ0n) is 11.4. The molecule has 1 amide bonds. The van der Waals surface area contributed by atoms with Crippen LogP contribution >= 0.6 is 0 Å². The summed E-state index contributed by atoms with van der Waals surface area (Å²) in [4.78, 5) is 16.9. The van der Waals surface area contributed by atoms with E-state index in [1.165, 1.54) is 38.5 Å². The molecule has 102 valence electrons. The lowest BCUT2D eigenvalue weighted by molar-refractivity contribution is -0.140. The largest absolute Gasteiger partial charge is 0.340 e. The lowest BCUT2D eigenvalue weighted by Gasteiger charge is -2.42. The first kappa shape index (κ1) is 12.5. The SMILES string of the molecule is O=C(C1CCC1)N1CCN(C2CCCCC2)CC1. The zero-order valence-corrected chi connectivity index (χ0v) is 11.4. The van der Waals surface area contributed by atoms with Crippen LogP contribution in [0.5, 0.6) is 0 Å². The fourth-order valence-corrected chi connectivity index (χ4v) is 3.67. The Bertz CT molecular complexity index is 287. The number of rotatable bonds is 2. The number of nitrogens with zero attached hydrogens (tertiary/aromatic N) is 2. The van der Waals surface area contributed by atoms with E-state index in [-0.39, 0.29) is 0 Å². The molecule has 0 aromatic carbocycles. The van der Waals surface area contributed by atoms with E-state index in [0.29, 0.717) is 11.8 Å². The molecule has 0 N–H and O–H groups in total. The second-order valence-corrected chi connectivity index (χ2v) is 6.28. The number of hydrogen-bond donors (Lipinski definition) is 0. The van der Waals surface area contributed by atoms with Gasteiger partial charge in [0.1, 0.15) is 0 Å². The summed E-state index contributed by atoms with van der Waals surface area (Å²) in [6.07, 6.45) is 10.6. The molecule has 0 spiro atoms. The Hall–Kier alpha value is -0.570. The van der Waals surface area contributed by atoms with Gasteiger partial charge in [0.2, 0.25) is 5.91 Å². The van der Waals surface area contributed by atoms with Gasteiger partial charge >= 0.3 is 0 Å². The Morgan fingerprint density at radius 3 is 2.00 bits per heavy atom. The van der Waals surface area contributed by atoms with Gasteiger partial charge in [-0.2, -0.15) is 0 Å². The summed E-state index contributed by atoms with van der Waals surface area (Å²) >= 11 is 0. The van der Waals surface area contributed by atoms with Gasteiger partial charge in [-0.25, -0.2) is 0 Å². The molecule has 1 aliphatic heterocycles. The molecule has 0 radical (unpaired) electrons. The van der Waals surface area contributed by atoms with Crippen molar-refractivity contribution in [1.82, 2.24) is 9.80 Å². The molecule has 3 heteroatoms. The fourth-order valence-electron chi connectivity index (χ4n) is 3.67. The van der Waals surface area contributed by atoms with Crippen molar-refractivity contribution < 1.29 is 4.79 Å². The van der Waals surface area contributed by atoms with Crippen LogP contribution < -0.4 is 0 Å². The summed E-state index contributed by atoms with van der Waals surface area (Å²) < 4.78 is 0. The summed E-state index contributed by atoms with van der Waals surface area (Å²) in [6, 6.07) is 0.819. The highest BCUT2D eigenvalue weighted by atomic mass is 16.2. The second kappa shape index (κ2) is 5.60. The van der Waals surface area contributed by atoms with Crippen LogP contribution in [0.4, 0.5) is 0 Å². The van der Waals surface area contributed by atoms with E-state index in [1.807, 2.05) is 0 Å². The predicted octanol–water partition coefficient (Wildman–Crippen LogP) is 2.26. The molecule has 0 aromatic heterocycles. The molecule has 2 aliphatic carbocycles. The van der Waals surface area contributed by atoms with Crippen LogP contribution in [-0.4, -0.2) is 47.9 Å². The van der Waals surface area contributed by atoms with Crippen LogP contribution in [0.25, 0.3) is 0 Å². The summed E-state index contributed by atoms with van der Waals surface area (Å²) in [7, 11) is 0. The van der Waals surface area contributed by atoms with Gasteiger partial charge in [-0.15, -0.1) is 0 Å². The second-order valence-electron chi connectivity index (χ2n) is 6.28. The molecular formula is C15H26N2O. The lowest BCUT2D eigenvalue weighted by atomic mass is 9.84. The third-order valence-corrected chi connectivity index (χ3v) is 5.17. The standard InChI is InChI=1S/C15H26N2O/c18-15(13-5-4-6-13)17-11-9-16(10-12-17)14-7-2-1-3-8-14/h13-14H,1-12H2. The van der Waals surface area contributed by atoms with Crippen LogP contribution in [0.1, 0.15) is 51.4 Å². The number of carbonyl (C=O) groups is 1. The maximum absolute atomic E-state index is 12.2. The summed E-state index contributed by atoms with van der Waals surface area (Å²) in [5.41, 5.74) is 0. The molecule has 3 rings (SSSR count). The fraction of sp³-hybridized carbons (Fsp3) is 0.933. The van der Waals surface area contributed by atoms with E-state index in [2.05, 4.69) is 9.80 Å². The van der Waals surface area contributed by atoms with Crippen molar-refractivity contribution in [2.75, 3.05) is 26.2 Å². The minimum absolute atomic E-state index is 0.381. The maximum Gasteiger partial charge on any atom is 0.225 e. The van der Waals surface area contributed by atoms with Crippen LogP contribution in [0.15, 0.2) is 0 Å². The van der Waals surface area contributed by atoms with E-state index in [9.17, 15) is 4.79 Å². The highest BCUT2D eigenvalue weighted by Crippen LogP contribution is 2.29. The summed E-state index contributed by atoms with van der Waals surface area (Å²) in [6.45, 7) is 4.18. The van der Waals surface area contributed by atoms with Crippen molar-refractivity contribution in [1.29, 1.82) is 0 Å². The smallest absolute Gasteiger partial charge is 0.225 e. The predicted molar refractivity (Wildman–Crippen MR) is 72.4 cm³/mol. The molecular weight excluding hydrogens is 224 g/mol. The molecule has 3 fully saturated rings. The number of amides is 1. The molecule has 0 aromatic rings. The van der Waals surface area contributed by atoms with E-state index in [4.69, 9.17) is 0 Å². The van der Waals surface area contributed by atoms with Crippen molar-refractivity contribution in [2.24, 2.45) is 5.92 Å². The first-order valence-electron chi connectivity index (χ1n) is 7.87. The van der Waals surface area contributed by atoms with Gasteiger partial charge in [0.05, 0.1) is 0 Å². The molecule has 0 unspecified atom stereocenters. The van der Waals surface area contributed by atoms with Gasteiger partial charge in [-0.1, -0.05) is 25.7 Å². The van der Waals surface area contributed by atoms with Gasteiger partial charge < -0.3 is 4.90 Å². The monoisotopic (exact) mass is 250 g/mol. The molecule has 2 saturated carbocycles. The van der Waals surface area contributed by atoms with Crippen molar-refractivity contribution in [3.63, 3.8) is 0 Å². The van der Waals surface area contributed by atoms with Crippen molar-refractivity contribution in [3.05, 3.63) is 0 Å². The molecule has 1 heterocycles. The summed E-state index contributed by atoms with van der Waals surface area (Å²) in [5, 5.41) is 0. The first-order chi connectivity index (χ1) is 8.84. The lowest BCUT2D eigenvalue weighted by Crippen LogP contribution is -2.54. The average Bonchev–Trinajstić information content (AvgIpc) is 2.38. The molecule has 0 bridgehead atoms. The quantitative estimate of drug-likeness (QED) is 0.750. The average molecular weight is 250 g/mol. The Labute approximate surface area is 111 Å². The number of carbonyl (C=O) groups excluding carboxylic acids is 1. The number of piperazine rings is 1.